The molecule has 0 aliphatic carbocycles. The molecule has 1 rings (SSSR count). The molecule has 1 aromatic carbocycles. The van der Waals surface area contributed by atoms with Gasteiger partial charge in [0.1, 0.15) is 0 Å². The number of halogens is 3. The molecule has 0 bridgehead atoms. The highest BCUT2D eigenvalue weighted by Gasteiger charge is 2.01. The number of nitrogens with two attached hydrogens (primary N) is 2. The molecule has 1 unspecified atom stereocenters. The first-order chi connectivity index (χ1) is 5.24. The maximum Gasteiger partial charge on any atom is 0.0419 e. The number of benzene rings is 1. The molecule has 2 nitrogen and oxygen atoms in total. The second kappa shape index (κ2) is 7.59. The van der Waals surface area contributed by atoms with E-state index in [1.807, 2.05) is 24.3 Å². The smallest absolute Gasteiger partial charge is 0.0419 e. The average Bonchev–Trinajstić information content (AvgIpc) is 2.03. The summed E-state index contributed by atoms with van der Waals surface area (Å²) < 4.78 is 1.04. The van der Waals surface area contributed by atoms with Crippen LogP contribution in [-0.4, -0.2) is 6.54 Å². The van der Waals surface area contributed by atoms with E-state index >= 15 is 0 Å². The number of hydrogen-bond donors (Lipinski definition) is 2. The zero-order valence-corrected chi connectivity index (χ0v) is 10.2. The van der Waals surface area contributed by atoms with Crippen LogP contribution in [0.25, 0.3) is 0 Å². The van der Waals surface area contributed by atoms with Crippen molar-refractivity contribution in [3.63, 3.8) is 0 Å². The molecule has 0 aromatic heterocycles. The highest BCUT2D eigenvalue weighted by atomic mass is 79.9. The van der Waals surface area contributed by atoms with Crippen LogP contribution in [-0.2, 0) is 0 Å². The minimum Gasteiger partial charge on any atom is -0.329 e. The Hall–Kier alpha value is 0.200. The van der Waals surface area contributed by atoms with Gasteiger partial charge in [-0.3, -0.25) is 0 Å². The van der Waals surface area contributed by atoms with Gasteiger partial charge in [0.25, 0.3) is 0 Å². The van der Waals surface area contributed by atoms with E-state index in [1.165, 1.54) is 0 Å². The minimum atomic E-state index is -0.0486. The van der Waals surface area contributed by atoms with Crippen molar-refractivity contribution in [2.75, 3.05) is 6.54 Å². The number of hydrogen-bond acceptors (Lipinski definition) is 2. The fourth-order valence-corrected chi connectivity index (χ4v) is 1.29. The minimum absolute atomic E-state index is 0. The van der Waals surface area contributed by atoms with Gasteiger partial charge in [0.15, 0.2) is 0 Å². The van der Waals surface area contributed by atoms with Crippen molar-refractivity contribution < 1.29 is 0 Å². The van der Waals surface area contributed by atoms with Crippen molar-refractivity contribution in [1.29, 1.82) is 0 Å². The lowest BCUT2D eigenvalue weighted by molar-refractivity contribution is 0.736. The van der Waals surface area contributed by atoms with Crippen molar-refractivity contribution in [3.05, 3.63) is 34.3 Å². The summed E-state index contributed by atoms with van der Waals surface area (Å²) in [6, 6.07) is 7.83. The molecule has 1 atom stereocenters. The zero-order valence-electron chi connectivity index (χ0n) is 6.94. The molecule has 0 fully saturated rings. The van der Waals surface area contributed by atoms with Crippen LogP contribution in [0.4, 0.5) is 0 Å². The maximum atomic E-state index is 5.72. The molecule has 1 aromatic rings. The third kappa shape index (κ3) is 4.84. The van der Waals surface area contributed by atoms with Crippen LogP contribution in [0.1, 0.15) is 11.6 Å². The van der Waals surface area contributed by atoms with Crippen LogP contribution < -0.4 is 11.5 Å². The molecule has 4 N–H and O–H groups in total. The SMILES string of the molecule is Cl.Cl.NCC(N)c1cccc(Br)c1. The van der Waals surface area contributed by atoms with Crippen LogP contribution in [0.15, 0.2) is 28.7 Å². The third-order valence-corrected chi connectivity index (χ3v) is 2.02. The molecule has 0 radical (unpaired) electrons. The Morgan fingerprint density at radius 1 is 1.31 bits per heavy atom. The lowest BCUT2D eigenvalue weighted by Crippen LogP contribution is -2.20. The van der Waals surface area contributed by atoms with Crippen LogP contribution in [0, 0.1) is 0 Å². The lowest BCUT2D eigenvalue weighted by atomic mass is 10.1. The monoisotopic (exact) mass is 286 g/mol. The molecular formula is C8H13BrCl2N2. The summed E-state index contributed by atoms with van der Waals surface area (Å²) in [6.45, 7) is 0.483. The highest BCUT2D eigenvalue weighted by Crippen LogP contribution is 2.15. The molecule has 76 valence electrons. The van der Waals surface area contributed by atoms with E-state index in [0.717, 1.165) is 10.0 Å². The van der Waals surface area contributed by atoms with E-state index in [4.69, 9.17) is 11.5 Å². The van der Waals surface area contributed by atoms with Gasteiger partial charge in [-0.1, -0.05) is 28.1 Å². The van der Waals surface area contributed by atoms with Crippen molar-refractivity contribution in [2.45, 2.75) is 6.04 Å². The van der Waals surface area contributed by atoms with Crippen molar-refractivity contribution in [1.82, 2.24) is 0 Å². The molecule has 0 amide bonds. The summed E-state index contributed by atoms with van der Waals surface area (Å²) in [7, 11) is 0. The molecule has 0 heterocycles. The second-order valence-electron chi connectivity index (χ2n) is 2.40. The predicted molar refractivity (Wildman–Crippen MR) is 64.6 cm³/mol. The van der Waals surface area contributed by atoms with Gasteiger partial charge < -0.3 is 11.5 Å². The predicted octanol–water partition coefficient (Wildman–Crippen LogP) is 2.25. The summed E-state index contributed by atoms with van der Waals surface area (Å²) >= 11 is 3.36. The highest BCUT2D eigenvalue weighted by molar-refractivity contribution is 9.10. The fourth-order valence-electron chi connectivity index (χ4n) is 0.873. The Bertz CT molecular complexity index is 245. The van der Waals surface area contributed by atoms with Gasteiger partial charge >= 0.3 is 0 Å². The van der Waals surface area contributed by atoms with Gasteiger partial charge in [0.05, 0.1) is 0 Å². The summed E-state index contributed by atoms with van der Waals surface area (Å²) in [5.74, 6) is 0. The first-order valence-electron chi connectivity index (χ1n) is 3.45. The van der Waals surface area contributed by atoms with E-state index in [1.54, 1.807) is 0 Å². The van der Waals surface area contributed by atoms with Crippen LogP contribution >= 0.6 is 40.7 Å². The Morgan fingerprint density at radius 2 is 1.92 bits per heavy atom. The van der Waals surface area contributed by atoms with Crippen molar-refractivity contribution >= 4 is 40.7 Å². The Labute approximate surface area is 99.0 Å². The van der Waals surface area contributed by atoms with Gasteiger partial charge in [0, 0.05) is 17.1 Å². The molecule has 0 saturated carbocycles. The first-order valence-corrected chi connectivity index (χ1v) is 4.24. The normalized spacial score (nSPS) is 11.0. The van der Waals surface area contributed by atoms with Gasteiger partial charge in [-0.2, -0.15) is 0 Å². The zero-order chi connectivity index (χ0) is 8.27. The Morgan fingerprint density at radius 3 is 2.38 bits per heavy atom. The van der Waals surface area contributed by atoms with Gasteiger partial charge in [-0.05, 0) is 17.7 Å². The Balaban J connectivity index is 0. The van der Waals surface area contributed by atoms with Crippen molar-refractivity contribution in [2.24, 2.45) is 11.5 Å². The van der Waals surface area contributed by atoms with Crippen LogP contribution in [0.3, 0.4) is 0 Å². The fraction of sp³-hybridized carbons (Fsp3) is 0.250. The molecule has 0 aliphatic rings. The summed E-state index contributed by atoms with van der Waals surface area (Å²) in [5.41, 5.74) is 12.2. The molecular weight excluding hydrogens is 275 g/mol. The average molecular weight is 288 g/mol. The van der Waals surface area contributed by atoms with E-state index in [2.05, 4.69) is 15.9 Å². The molecule has 5 heteroatoms. The largest absolute Gasteiger partial charge is 0.329 e. The third-order valence-electron chi connectivity index (χ3n) is 1.53. The topological polar surface area (TPSA) is 52.0 Å². The lowest BCUT2D eigenvalue weighted by Gasteiger charge is -2.08. The summed E-state index contributed by atoms with van der Waals surface area (Å²) in [6.07, 6.45) is 0. The Kier molecular flexibility index (Phi) is 9.14. The van der Waals surface area contributed by atoms with Crippen LogP contribution in [0.5, 0.6) is 0 Å². The van der Waals surface area contributed by atoms with E-state index < -0.39 is 0 Å². The maximum absolute atomic E-state index is 5.72. The van der Waals surface area contributed by atoms with E-state index in [-0.39, 0.29) is 30.9 Å². The van der Waals surface area contributed by atoms with Crippen molar-refractivity contribution in [3.8, 4) is 0 Å². The molecule has 13 heavy (non-hydrogen) atoms. The van der Waals surface area contributed by atoms with Gasteiger partial charge in [0.2, 0.25) is 0 Å². The quantitative estimate of drug-likeness (QED) is 0.877. The number of rotatable bonds is 2. The van der Waals surface area contributed by atoms with E-state index in [0.29, 0.717) is 6.54 Å². The molecule has 0 spiro atoms. The standard InChI is InChI=1S/C8H11BrN2.2ClH/c9-7-3-1-2-6(4-7)8(11)5-10;;/h1-4,8H,5,10-11H2;2*1H. The van der Waals surface area contributed by atoms with E-state index in [9.17, 15) is 0 Å². The second-order valence-corrected chi connectivity index (χ2v) is 3.31. The van der Waals surface area contributed by atoms with Crippen LogP contribution in [0.2, 0.25) is 0 Å². The van der Waals surface area contributed by atoms with Gasteiger partial charge in [-0.15, -0.1) is 24.8 Å². The summed E-state index contributed by atoms with van der Waals surface area (Å²) in [4.78, 5) is 0. The summed E-state index contributed by atoms with van der Waals surface area (Å²) in [5, 5.41) is 0. The van der Waals surface area contributed by atoms with Gasteiger partial charge in [-0.25, -0.2) is 0 Å². The first kappa shape index (κ1) is 15.7. The molecule has 0 aliphatic heterocycles. The molecule has 0 saturated heterocycles.